The Kier molecular flexibility index (Phi) is 6.82. The van der Waals surface area contributed by atoms with E-state index in [1.165, 1.54) is 24.3 Å². The van der Waals surface area contributed by atoms with Crippen LogP contribution in [0.4, 0.5) is 24.5 Å². The molecule has 0 aromatic heterocycles. The zero-order chi connectivity index (χ0) is 24.8. The third-order valence-corrected chi connectivity index (χ3v) is 4.97. The third-order valence-electron chi connectivity index (χ3n) is 4.97. The molecule has 0 aliphatic heterocycles. The van der Waals surface area contributed by atoms with Crippen molar-refractivity contribution in [3.05, 3.63) is 120 Å². The predicted octanol–water partition coefficient (Wildman–Crippen LogP) is 7.00. The van der Waals surface area contributed by atoms with Gasteiger partial charge in [-0.3, -0.25) is 9.59 Å². The molecule has 0 saturated carbocycles. The summed E-state index contributed by atoms with van der Waals surface area (Å²) in [6.45, 7) is 0. The molecule has 0 bridgehead atoms. The van der Waals surface area contributed by atoms with Crippen LogP contribution >= 0.6 is 0 Å². The molecule has 176 valence electrons. The molecule has 0 heterocycles. The van der Waals surface area contributed by atoms with Crippen molar-refractivity contribution >= 4 is 23.2 Å². The fourth-order valence-corrected chi connectivity index (χ4v) is 3.31. The summed E-state index contributed by atoms with van der Waals surface area (Å²) in [5.41, 5.74) is -0.389. The number of halogens is 3. The van der Waals surface area contributed by atoms with Gasteiger partial charge in [-0.1, -0.05) is 48.5 Å². The van der Waals surface area contributed by atoms with Gasteiger partial charge in [-0.05, 0) is 54.6 Å². The van der Waals surface area contributed by atoms with Gasteiger partial charge in [0.15, 0.2) is 0 Å². The predicted molar refractivity (Wildman–Crippen MR) is 127 cm³/mol. The molecule has 35 heavy (non-hydrogen) atoms. The Labute approximate surface area is 199 Å². The summed E-state index contributed by atoms with van der Waals surface area (Å²) in [7, 11) is 0. The molecule has 4 rings (SSSR count). The van der Waals surface area contributed by atoms with Crippen molar-refractivity contribution in [1.82, 2.24) is 0 Å². The molecular formula is C27H19F3N2O3. The molecule has 4 aromatic rings. The zero-order valence-corrected chi connectivity index (χ0v) is 18.2. The molecule has 0 radical (unpaired) electrons. The molecule has 0 atom stereocenters. The Hall–Kier alpha value is -4.59. The molecule has 5 nitrogen and oxygen atoms in total. The van der Waals surface area contributed by atoms with Gasteiger partial charge in [-0.25, -0.2) is 0 Å². The number of anilines is 2. The van der Waals surface area contributed by atoms with E-state index in [2.05, 4.69) is 10.6 Å². The number of nitrogens with one attached hydrogen (secondary N) is 2. The summed E-state index contributed by atoms with van der Waals surface area (Å²) in [5.74, 6) is -0.319. The monoisotopic (exact) mass is 476 g/mol. The number of carbonyl (C=O) groups excluding carboxylic acids is 2. The van der Waals surface area contributed by atoms with Crippen LogP contribution in [-0.4, -0.2) is 11.8 Å². The van der Waals surface area contributed by atoms with Gasteiger partial charge >= 0.3 is 6.18 Å². The fourth-order valence-electron chi connectivity index (χ4n) is 3.31. The summed E-state index contributed by atoms with van der Waals surface area (Å²) in [4.78, 5) is 25.9. The lowest BCUT2D eigenvalue weighted by Crippen LogP contribution is -2.19. The summed E-state index contributed by atoms with van der Waals surface area (Å²) in [6, 6.07) is 26.1. The van der Waals surface area contributed by atoms with Gasteiger partial charge in [0, 0.05) is 5.69 Å². The lowest BCUT2D eigenvalue weighted by Gasteiger charge is -2.14. The van der Waals surface area contributed by atoms with Gasteiger partial charge in [0.1, 0.15) is 11.5 Å². The Balaban J connectivity index is 1.55. The maximum atomic E-state index is 13.1. The van der Waals surface area contributed by atoms with Gasteiger partial charge in [-0.2, -0.15) is 13.2 Å². The second-order valence-corrected chi connectivity index (χ2v) is 7.44. The third kappa shape index (κ3) is 5.86. The molecule has 8 heteroatoms. The van der Waals surface area contributed by atoms with Crippen LogP contribution in [0.2, 0.25) is 0 Å². The first kappa shape index (κ1) is 23.6. The smallest absolute Gasteiger partial charge is 0.416 e. The normalized spacial score (nSPS) is 10.9. The van der Waals surface area contributed by atoms with Crippen LogP contribution in [0.5, 0.6) is 11.5 Å². The lowest BCUT2D eigenvalue weighted by atomic mass is 10.1. The Morgan fingerprint density at radius 2 is 1.29 bits per heavy atom. The molecule has 0 unspecified atom stereocenters. The minimum absolute atomic E-state index is 0.0208. The van der Waals surface area contributed by atoms with E-state index in [0.29, 0.717) is 11.5 Å². The van der Waals surface area contributed by atoms with E-state index in [4.69, 9.17) is 4.74 Å². The number of carbonyl (C=O) groups is 2. The number of amides is 2. The number of ether oxygens (including phenoxy) is 1. The maximum Gasteiger partial charge on any atom is 0.416 e. The highest BCUT2D eigenvalue weighted by atomic mass is 19.4. The van der Waals surface area contributed by atoms with E-state index in [-0.39, 0.29) is 22.5 Å². The number of alkyl halides is 3. The average Bonchev–Trinajstić information content (AvgIpc) is 2.85. The van der Waals surface area contributed by atoms with Gasteiger partial charge in [0.25, 0.3) is 11.8 Å². The fraction of sp³-hybridized carbons (Fsp3) is 0.0370. The summed E-state index contributed by atoms with van der Waals surface area (Å²) >= 11 is 0. The van der Waals surface area contributed by atoms with Crippen LogP contribution in [0, 0.1) is 0 Å². The van der Waals surface area contributed by atoms with Crippen molar-refractivity contribution < 1.29 is 27.5 Å². The maximum absolute atomic E-state index is 13.1. The van der Waals surface area contributed by atoms with Gasteiger partial charge in [0.05, 0.1) is 22.4 Å². The number of para-hydroxylation sites is 3. The largest absolute Gasteiger partial charge is 0.457 e. The van der Waals surface area contributed by atoms with Crippen molar-refractivity contribution in [2.45, 2.75) is 6.18 Å². The average molecular weight is 476 g/mol. The van der Waals surface area contributed by atoms with Crippen molar-refractivity contribution in [1.29, 1.82) is 0 Å². The molecule has 2 amide bonds. The van der Waals surface area contributed by atoms with Gasteiger partial charge < -0.3 is 15.4 Å². The molecule has 4 aromatic carbocycles. The Bertz CT molecular complexity index is 1360. The van der Waals surface area contributed by atoms with E-state index >= 15 is 0 Å². The van der Waals surface area contributed by atoms with Gasteiger partial charge in [-0.15, -0.1) is 0 Å². The van der Waals surface area contributed by atoms with Crippen LogP contribution in [0.1, 0.15) is 26.3 Å². The molecule has 0 aliphatic carbocycles. The second kappa shape index (κ2) is 10.1. The first-order valence-electron chi connectivity index (χ1n) is 10.5. The molecule has 0 spiro atoms. The minimum atomic E-state index is -4.54. The van der Waals surface area contributed by atoms with Crippen LogP contribution < -0.4 is 15.4 Å². The number of hydrogen-bond acceptors (Lipinski definition) is 3. The SMILES string of the molecule is O=C(Nc1cccc(C(F)(F)F)c1)c1ccccc1NC(=O)c1ccccc1Oc1ccccc1. The first-order valence-corrected chi connectivity index (χ1v) is 10.5. The van der Waals surface area contributed by atoms with Crippen LogP contribution in [0.15, 0.2) is 103 Å². The first-order chi connectivity index (χ1) is 16.8. The Morgan fingerprint density at radius 1 is 0.657 bits per heavy atom. The Morgan fingerprint density at radius 3 is 2.03 bits per heavy atom. The van der Waals surface area contributed by atoms with Gasteiger partial charge in [0.2, 0.25) is 0 Å². The summed E-state index contributed by atoms with van der Waals surface area (Å²) in [6.07, 6.45) is -4.54. The van der Waals surface area contributed by atoms with Crippen molar-refractivity contribution in [2.24, 2.45) is 0 Å². The van der Waals surface area contributed by atoms with Crippen molar-refractivity contribution in [3.63, 3.8) is 0 Å². The standard InChI is InChI=1S/C27H19F3N2O3/c28-27(29,30)18-9-8-10-19(17-18)31-25(33)21-13-4-6-15-23(21)32-26(34)22-14-5-7-16-24(22)35-20-11-2-1-3-12-20/h1-17H,(H,31,33)(H,32,34). The molecular weight excluding hydrogens is 457 g/mol. The van der Waals surface area contributed by atoms with E-state index in [0.717, 1.165) is 12.1 Å². The van der Waals surface area contributed by atoms with Crippen LogP contribution in [0.25, 0.3) is 0 Å². The highest BCUT2D eigenvalue weighted by Gasteiger charge is 2.30. The lowest BCUT2D eigenvalue weighted by molar-refractivity contribution is -0.137. The number of benzene rings is 4. The van der Waals surface area contributed by atoms with Crippen LogP contribution in [0.3, 0.4) is 0 Å². The highest BCUT2D eigenvalue weighted by Crippen LogP contribution is 2.31. The van der Waals surface area contributed by atoms with Crippen LogP contribution in [-0.2, 0) is 6.18 Å². The zero-order valence-electron chi connectivity index (χ0n) is 18.2. The summed E-state index contributed by atoms with van der Waals surface area (Å²) in [5, 5.41) is 5.15. The van der Waals surface area contributed by atoms with Crippen molar-refractivity contribution in [2.75, 3.05) is 10.6 Å². The van der Waals surface area contributed by atoms with Crippen molar-refractivity contribution in [3.8, 4) is 11.5 Å². The van der Waals surface area contributed by atoms with E-state index in [9.17, 15) is 22.8 Å². The van der Waals surface area contributed by atoms with E-state index in [1.54, 1.807) is 60.7 Å². The number of hydrogen-bond donors (Lipinski definition) is 2. The second-order valence-electron chi connectivity index (χ2n) is 7.44. The number of rotatable bonds is 6. The molecule has 2 N–H and O–H groups in total. The topological polar surface area (TPSA) is 67.4 Å². The van der Waals surface area contributed by atoms with E-state index in [1.807, 2.05) is 6.07 Å². The quantitative estimate of drug-likeness (QED) is 0.315. The molecule has 0 saturated heterocycles. The highest BCUT2D eigenvalue weighted by molar-refractivity contribution is 6.13. The summed E-state index contributed by atoms with van der Waals surface area (Å²) < 4.78 is 44.8. The van der Waals surface area contributed by atoms with E-state index < -0.39 is 23.6 Å². The minimum Gasteiger partial charge on any atom is -0.457 e. The molecule has 0 fully saturated rings. The molecule has 0 aliphatic rings.